The molecule has 98 valence electrons. The highest BCUT2D eigenvalue weighted by molar-refractivity contribution is 7.80. The third kappa shape index (κ3) is 3.15. The van der Waals surface area contributed by atoms with E-state index in [1.54, 1.807) is 0 Å². The molecule has 0 radical (unpaired) electrons. The molecule has 0 spiro atoms. The maximum atomic E-state index is 6.34. The van der Waals surface area contributed by atoms with Crippen molar-refractivity contribution in [2.45, 2.75) is 26.2 Å². The van der Waals surface area contributed by atoms with Crippen LogP contribution in [0.15, 0.2) is 18.2 Å². The first-order chi connectivity index (χ1) is 8.58. The minimum absolute atomic E-state index is 0.396. The average molecular weight is 283 g/mol. The van der Waals surface area contributed by atoms with Crippen LogP contribution in [0.25, 0.3) is 0 Å². The molecule has 1 heterocycles. The molecule has 1 saturated heterocycles. The van der Waals surface area contributed by atoms with E-state index in [-0.39, 0.29) is 0 Å². The van der Waals surface area contributed by atoms with Gasteiger partial charge in [-0.3, -0.25) is 0 Å². The summed E-state index contributed by atoms with van der Waals surface area (Å²) in [7, 11) is 0. The Hall–Kier alpha value is -0.800. The van der Waals surface area contributed by atoms with E-state index in [4.69, 9.17) is 29.6 Å². The zero-order valence-electron chi connectivity index (χ0n) is 10.7. The smallest absolute Gasteiger partial charge is 0.104 e. The fraction of sp³-hybridized carbons (Fsp3) is 0.500. The Kier molecular flexibility index (Phi) is 4.46. The fourth-order valence-corrected chi connectivity index (χ4v) is 2.85. The van der Waals surface area contributed by atoms with Gasteiger partial charge in [0.15, 0.2) is 0 Å². The second-order valence-corrected chi connectivity index (χ2v) is 5.90. The molecule has 0 saturated carbocycles. The van der Waals surface area contributed by atoms with Crippen molar-refractivity contribution in [3.63, 3.8) is 0 Å². The van der Waals surface area contributed by atoms with Gasteiger partial charge in [-0.15, -0.1) is 0 Å². The predicted octanol–water partition coefficient (Wildman–Crippen LogP) is 3.60. The van der Waals surface area contributed by atoms with Crippen molar-refractivity contribution < 1.29 is 0 Å². The van der Waals surface area contributed by atoms with Gasteiger partial charge in [-0.1, -0.05) is 30.7 Å². The molecule has 0 aromatic heterocycles. The van der Waals surface area contributed by atoms with E-state index in [2.05, 4.69) is 11.8 Å². The summed E-state index contributed by atoms with van der Waals surface area (Å²) in [5.74, 6) is 0.810. The van der Waals surface area contributed by atoms with Crippen LogP contribution in [0, 0.1) is 5.92 Å². The van der Waals surface area contributed by atoms with Gasteiger partial charge >= 0.3 is 0 Å². The van der Waals surface area contributed by atoms with E-state index < -0.39 is 0 Å². The van der Waals surface area contributed by atoms with E-state index in [0.29, 0.717) is 4.99 Å². The van der Waals surface area contributed by atoms with E-state index in [1.165, 1.54) is 19.3 Å². The highest BCUT2D eigenvalue weighted by Crippen LogP contribution is 2.29. The number of anilines is 1. The standard InChI is InChI=1S/C14H19ClN2S/c1-10-3-2-7-17(8-6-10)13-5-4-11(14(16)18)9-12(13)15/h4-5,9-10H,2-3,6-8H2,1H3,(H2,16,18). The summed E-state index contributed by atoms with van der Waals surface area (Å²) < 4.78 is 0. The molecule has 2 nitrogen and oxygen atoms in total. The van der Waals surface area contributed by atoms with Gasteiger partial charge in [0, 0.05) is 18.7 Å². The van der Waals surface area contributed by atoms with Crippen LogP contribution in [0.5, 0.6) is 0 Å². The average Bonchev–Trinajstić information content (AvgIpc) is 2.54. The molecule has 1 aliphatic rings. The first-order valence-corrected chi connectivity index (χ1v) is 7.21. The zero-order valence-corrected chi connectivity index (χ0v) is 12.2. The van der Waals surface area contributed by atoms with Crippen molar-refractivity contribution in [3.8, 4) is 0 Å². The first kappa shape index (κ1) is 13.6. The molecule has 2 rings (SSSR count). The van der Waals surface area contributed by atoms with Gasteiger partial charge in [0.1, 0.15) is 4.99 Å². The van der Waals surface area contributed by atoms with Crippen molar-refractivity contribution in [2.24, 2.45) is 11.7 Å². The van der Waals surface area contributed by atoms with Gasteiger partial charge in [0.2, 0.25) is 0 Å². The van der Waals surface area contributed by atoms with Gasteiger partial charge in [-0.05, 0) is 43.4 Å². The molecule has 18 heavy (non-hydrogen) atoms. The zero-order chi connectivity index (χ0) is 13.1. The molecule has 1 aromatic rings. The molecule has 2 N–H and O–H groups in total. The van der Waals surface area contributed by atoms with Crippen LogP contribution < -0.4 is 10.6 Å². The molecular formula is C14H19ClN2S. The molecule has 4 heteroatoms. The number of nitrogens with zero attached hydrogens (tertiary/aromatic N) is 1. The van der Waals surface area contributed by atoms with Gasteiger partial charge < -0.3 is 10.6 Å². The van der Waals surface area contributed by atoms with Crippen molar-refractivity contribution in [1.29, 1.82) is 0 Å². The fourth-order valence-electron chi connectivity index (χ4n) is 2.42. The summed E-state index contributed by atoms with van der Waals surface area (Å²) in [6.45, 7) is 4.48. The SMILES string of the molecule is CC1CCCN(c2ccc(C(N)=S)cc2Cl)CC1. The lowest BCUT2D eigenvalue weighted by Crippen LogP contribution is -2.24. The monoisotopic (exact) mass is 282 g/mol. The number of benzene rings is 1. The van der Waals surface area contributed by atoms with Gasteiger partial charge in [0.05, 0.1) is 10.7 Å². The normalized spacial score (nSPS) is 20.6. The van der Waals surface area contributed by atoms with Crippen LogP contribution in [0.1, 0.15) is 31.7 Å². The first-order valence-electron chi connectivity index (χ1n) is 6.42. The molecule has 1 atom stereocenters. The number of hydrogen-bond acceptors (Lipinski definition) is 2. The second-order valence-electron chi connectivity index (χ2n) is 5.05. The summed E-state index contributed by atoms with van der Waals surface area (Å²) in [5, 5.41) is 0.745. The topological polar surface area (TPSA) is 29.3 Å². The summed E-state index contributed by atoms with van der Waals surface area (Å²) >= 11 is 11.3. The minimum Gasteiger partial charge on any atom is -0.389 e. The van der Waals surface area contributed by atoms with Crippen molar-refractivity contribution in [1.82, 2.24) is 0 Å². The number of nitrogens with two attached hydrogens (primary N) is 1. The van der Waals surface area contributed by atoms with E-state index >= 15 is 0 Å². The number of rotatable bonds is 2. The third-order valence-electron chi connectivity index (χ3n) is 3.59. The Labute approximate surface area is 119 Å². The van der Waals surface area contributed by atoms with Crippen LogP contribution in [0.2, 0.25) is 5.02 Å². The Balaban J connectivity index is 2.20. The molecular weight excluding hydrogens is 264 g/mol. The van der Waals surface area contributed by atoms with Crippen molar-refractivity contribution >= 4 is 34.5 Å². The van der Waals surface area contributed by atoms with Gasteiger partial charge in [-0.25, -0.2) is 0 Å². The third-order valence-corrected chi connectivity index (χ3v) is 4.13. The molecule has 1 aromatic carbocycles. The van der Waals surface area contributed by atoms with Gasteiger partial charge in [-0.2, -0.15) is 0 Å². The second kappa shape index (κ2) is 5.89. The lowest BCUT2D eigenvalue weighted by molar-refractivity contribution is 0.521. The lowest BCUT2D eigenvalue weighted by atomic mass is 10.0. The Bertz CT molecular complexity index is 447. The largest absolute Gasteiger partial charge is 0.389 e. The number of halogens is 1. The maximum absolute atomic E-state index is 6.34. The van der Waals surface area contributed by atoms with E-state index in [0.717, 1.165) is 35.3 Å². The molecule has 0 amide bonds. The summed E-state index contributed by atoms with van der Waals surface area (Å²) in [5.41, 5.74) is 7.55. The molecule has 1 aliphatic heterocycles. The highest BCUT2D eigenvalue weighted by atomic mass is 35.5. The predicted molar refractivity (Wildman–Crippen MR) is 82.6 cm³/mol. The molecule has 0 bridgehead atoms. The summed E-state index contributed by atoms with van der Waals surface area (Å²) in [4.78, 5) is 2.77. The maximum Gasteiger partial charge on any atom is 0.104 e. The highest BCUT2D eigenvalue weighted by Gasteiger charge is 2.16. The minimum atomic E-state index is 0.396. The lowest BCUT2D eigenvalue weighted by Gasteiger charge is -2.24. The van der Waals surface area contributed by atoms with E-state index in [1.807, 2.05) is 18.2 Å². The van der Waals surface area contributed by atoms with Crippen molar-refractivity contribution in [3.05, 3.63) is 28.8 Å². The van der Waals surface area contributed by atoms with Crippen LogP contribution in [0.4, 0.5) is 5.69 Å². The summed E-state index contributed by atoms with van der Waals surface area (Å²) in [6.07, 6.45) is 3.76. The van der Waals surface area contributed by atoms with Crippen LogP contribution in [-0.4, -0.2) is 18.1 Å². The van der Waals surface area contributed by atoms with Crippen LogP contribution in [0.3, 0.4) is 0 Å². The Morgan fingerprint density at radius 3 is 2.83 bits per heavy atom. The molecule has 1 unspecified atom stereocenters. The van der Waals surface area contributed by atoms with Gasteiger partial charge in [0.25, 0.3) is 0 Å². The summed E-state index contributed by atoms with van der Waals surface area (Å²) in [6, 6.07) is 5.86. The quantitative estimate of drug-likeness (QED) is 0.841. The van der Waals surface area contributed by atoms with E-state index in [9.17, 15) is 0 Å². The van der Waals surface area contributed by atoms with Crippen LogP contribution >= 0.6 is 23.8 Å². The van der Waals surface area contributed by atoms with Crippen molar-refractivity contribution in [2.75, 3.05) is 18.0 Å². The number of hydrogen-bond donors (Lipinski definition) is 1. The Morgan fingerprint density at radius 1 is 1.39 bits per heavy atom. The van der Waals surface area contributed by atoms with Crippen LogP contribution in [-0.2, 0) is 0 Å². The molecule has 0 aliphatic carbocycles. The number of thiocarbonyl (C=S) groups is 1. The Morgan fingerprint density at radius 2 is 2.17 bits per heavy atom. The molecule has 1 fully saturated rings.